The Bertz CT molecular complexity index is 519. The molecule has 0 spiro atoms. The van der Waals surface area contributed by atoms with E-state index < -0.39 is 0 Å². The molecule has 0 atom stereocenters. The minimum Gasteiger partial charge on any atom is -0.321 e. The van der Waals surface area contributed by atoms with E-state index in [9.17, 15) is 4.39 Å². The molecule has 0 amide bonds. The molecule has 4 nitrogen and oxygen atoms in total. The molecule has 0 aliphatic carbocycles. The van der Waals surface area contributed by atoms with E-state index in [-0.39, 0.29) is 11.6 Å². The van der Waals surface area contributed by atoms with E-state index in [2.05, 4.69) is 20.5 Å². The molecular formula is C11H13FN4. The molecule has 2 N–H and O–H groups in total. The number of aromatic amines is 1. The number of anilines is 2. The number of aromatic nitrogens is 3. The minimum absolute atomic E-state index is 0.212. The van der Waals surface area contributed by atoms with Crippen molar-refractivity contribution >= 4 is 11.6 Å². The van der Waals surface area contributed by atoms with Crippen LogP contribution in [0.3, 0.4) is 0 Å². The Morgan fingerprint density at radius 2 is 2.00 bits per heavy atom. The van der Waals surface area contributed by atoms with Crippen LogP contribution in [-0.2, 0) is 0 Å². The van der Waals surface area contributed by atoms with E-state index in [1.165, 1.54) is 0 Å². The highest BCUT2D eigenvalue weighted by molar-refractivity contribution is 5.53. The van der Waals surface area contributed by atoms with E-state index in [0.717, 1.165) is 11.4 Å². The van der Waals surface area contributed by atoms with Crippen LogP contribution >= 0.6 is 0 Å². The normalized spacial score (nSPS) is 10.5. The average Bonchev–Trinajstić information content (AvgIpc) is 2.60. The molecule has 0 aliphatic rings. The molecule has 2 rings (SSSR count). The Kier molecular flexibility index (Phi) is 2.60. The van der Waals surface area contributed by atoms with Crippen molar-refractivity contribution in [3.05, 3.63) is 34.9 Å². The summed E-state index contributed by atoms with van der Waals surface area (Å²) in [6.07, 6.45) is 0. The zero-order valence-electron chi connectivity index (χ0n) is 9.43. The van der Waals surface area contributed by atoms with Crippen molar-refractivity contribution in [3.63, 3.8) is 0 Å². The Morgan fingerprint density at radius 1 is 1.25 bits per heavy atom. The number of pyridine rings is 1. The topological polar surface area (TPSA) is 53.6 Å². The van der Waals surface area contributed by atoms with Crippen LogP contribution < -0.4 is 5.32 Å². The first-order valence-corrected chi connectivity index (χ1v) is 4.99. The van der Waals surface area contributed by atoms with Gasteiger partial charge in [-0.1, -0.05) is 0 Å². The third kappa shape index (κ3) is 2.03. The second-order valence-corrected chi connectivity index (χ2v) is 3.80. The lowest BCUT2D eigenvalue weighted by molar-refractivity contribution is 0.616. The molecule has 0 bridgehead atoms. The molecule has 0 aliphatic heterocycles. The number of hydrogen-bond donors (Lipinski definition) is 2. The van der Waals surface area contributed by atoms with Crippen LogP contribution in [0.1, 0.15) is 17.0 Å². The number of halogens is 1. The predicted octanol–water partition coefficient (Wildman–Crippen LogP) is 2.61. The number of H-pyrrole nitrogens is 1. The van der Waals surface area contributed by atoms with Gasteiger partial charge in [-0.3, -0.25) is 5.10 Å². The van der Waals surface area contributed by atoms with Crippen LogP contribution in [0.25, 0.3) is 0 Å². The zero-order chi connectivity index (χ0) is 11.7. The molecule has 0 unspecified atom stereocenters. The largest absolute Gasteiger partial charge is 0.321 e. The lowest BCUT2D eigenvalue weighted by Crippen LogP contribution is -2.01. The summed E-state index contributed by atoms with van der Waals surface area (Å²) in [5, 5.41) is 9.59. The first-order valence-electron chi connectivity index (χ1n) is 4.99. The molecule has 2 aromatic rings. The molecule has 2 heterocycles. The third-order valence-electron chi connectivity index (χ3n) is 2.22. The summed E-state index contributed by atoms with van der Waals surface area (Å²) in [4.78, 5) is 4.10. The summed E-state index contributed by atoms with van der Waals surface area (Å²) in [7, 11) is 0. The molecule has 0 saturated carbocycles. The van der Waals surface area contributed by atoms with Crippen LogP contribution in [0.4, 0.5) is 16.0 Å². The van der Waals surface area contributed by atoms with Gasteiger partial charge in [0.1, 0.15) is 0 Å². The highest BCUT2D eigenvalue weighted by Crippen LogP contribution is 2.19. The van der Waals surface area contributed by atoms with Gasteiger partial charge in [0, 0.05) is 17.5 Å². The van der Waals surface area contributed by atoms with E-state index in [0.29, 0.717) is 11.4 Å². The molecule has 16 heavy (non-hydrogen) atoms. The minimum atomic E-state index is -0.341. The van der Waals surface area contributed by atoms with Crippen molar-refractivity contribution in [1.29, 1.82) is 0 Å². The molecular weight excluding hydrogens is 207 g/mol. The van der Waals surface area contributed by atoms with Gasteiger partial charge in [0.2, 0.25) is 0 Å². The van der Waals surface area contributed by atoms with E-state index >= 15 is 0 Å². The number of aryl methyl sites for hydroxylation is 3. The zero-order valence-corrected chi connectivity index (χ0v) is 9.43. The highest BCUT2D eigenvalue weighted by atomic mass is 19.1. The van der Waals surface area contributed by atoms with Crippen LogP contribution in [0, 0.1) is 26.6 Å². The maximum Gasteiger partial charge on any atom is 0.168 e. The van der Waals surface area contributed by atoms with Crippen LogP contribution in [0.15, 0.2) is 12.1 Å². The summed E-state index contributed by atoms with van der Waals surface area (Å²) < 4.78 is 13.7. The predicted molar refractivity (Wildman–Crippen MR) is 60.3 cm³/mol. The van der Waals surface area contributed by atoms with E-state index in [1.54, 1.807) is 19.1 Å². The van der Waals surface area contributed by atoms with E-state index in [4.69, 9.17) is 0 Å². The maximum absolute atomic E-state index is 13.7. The summed E-state index contributed by atoms with van der Waals surface area (Å²) >= 11 is 0. The van der Waals surface area contributed by atoms with Crippen LogP contribution in [0.2, 0.25) is 0 Å². The Morgan fingerprint density at radius 3 is 2.62 bits per heavy atom. The van der Waals surface area contributed by atoms with Crippen molar-refractivity contribution in [2.75, 3.05) is 5.32 Å². The van der Waals surface area contributed by atoms with Gasteiger partial charge >= 0.3 is 0 Å². The average molecular weight is 220 g/mol. The Labute approximate surface area is 92.9 Å². The molecule has 0 aromatic carbocycles. The lowest BCUT2D eigenvalue weighted by Gasteiger charge is -2.06. The van der Waals surface area contributed by atoms with Gasteiger partial charge in [0.05, 0.1) is 0 Å². The number of nitrogens with zero attached hydrogens (tertiary/aromatic N) is 2. The van der Waals surface area contributed by atoms with Gasteiger partial charge in [-0.15, -0.1) is 0 Å². The molecule has 0 fully saturated rings. The second-order valence-electron chi connectivity index (χ2n) is 3.80. The number of hydrogen-bond acceptors (Lipinski definition) is 3. The summed E-state index contributed by atoms with van der Waals surface area (Å²) in [5.41, 5.74) is 2.25. The van der Waals surface area contributed by atoms with Crippen LogP contribution in [-0.4, -0.2) is 15.2 Å². The Balaban J connectivity index is 2.34. The molecule has 5 heteroatoms. The maximum atomic E-state index is 13.7. The van der Waals surface area contributed by atoms with Gasteiger partial charge in [-0.25, -0.2) is 9.37 Å². The molecule has 84 valence electrons. The van der Waals surface area contributed by atoms with Crippen molar-refractivity contribution in [3.8, 4) is 0 Å². The molecule has 0 radical (unpaired) electrons. The van der Waals surface area contributed by atoms with Crippen LogP contribution in [0.5, 0.6) is 0 Å². The standard InChI is InChI=1S/C11H13FN4/c1-6-4-7(2)13-11(10(6)12)14-9-5-8(3)15-16-9/h4-5H,1-3H3,(H2,13,14,15,16). The van der Waals surface area contributed by atoms with Crippen molar-refractivity contribution in [2.45, 2.75) is 20.8 Å². The monoisotopic (exact) mass is 220 g/mol. The fourth-order valence-electron chi connectivity index (χ4n) is 1.51. The number of rotatable bonds is 2. The van der Waals surface area contributed by atoms with Gasteiger partial charge in [-0.05, 0) is 32.4 Å². The summed E-state index contributed by atoms with van der Waals surface area (Å²) in [6, 6.07) is 3.50. The SMILES string of the molecule is Cc1cc(C)c(F)c(Nc2cc(C)[nH]n2)n1. The highest BCUT2D eigenvalue weighted by Gasteiger charge is 2.09. The quantitative estimate of drug-likeness (QED) is 0.818. The van der Waals surface area contributed by atoms with Gasteiger partial charge < -0.3 is 5.32 Å². The first kappa shape index (κ1) is 10.6. The second kappa shape index (κ2) is 3.92. The van der Waals surface area contributed by atoms with Crippen molar-refractivity contribution < 1.29 is 4.39 Å². The van der Waals surface area contributed by atoms with Gasteiger partial charge in [0.15, 0.2) is 17.5 Å². The van der Waals surface area contributed by atoms with Gasteiger partial charge in [0.25, 0.3) is 0 Å². The molecule has 0 saturated heterocycles. The summed E-state index contributed by atoms with van der Waals surface area (Å²) in [6.45, 7) is 5.42. The first-order chi connectivity index (χ1) is 7.56. The van der Waals surface area contributed by atoms with Crippen molar-refractivity contribution in [2.24, 2.45) is 0 Å². The molecule has 2 aromatic heterocycles. The smallest absolute Gasteiger partial charge is 0.168 e. The fourth-order valence-corrected chi connectivity index (χ4v) is 1.51. The fraction of sp³-hybridized carbons (Fsp3) is 0.273. The van der Waals surface area contributed by atoms with Crippen molar-refractivity contribution in [1.82, 2.24) is 15.2 Å². The Hall–Kier alpha value is -1.91. The van der Waals surface area contributed by atoms with Gasteiger partial charge in [-0.2, -0.15) is 5.10 Å². The van der Waals surface area contributed by atoms with E-state index in [1.807, 2.05) is 13.8 Å². The summed E-state index contributed by atoms with van der Waals surface area (Å²) in [5.74, 6) is 0.434. The third-order valence-corrected chi connectivity index (χ3v) is 2.22. The number of nitrogens with one attached hydrogen (secondary N) is 2. The lowest BCUT2D eigenvalue weighted by atomic mass is 10.2.